The van der Waals surface area contributed by atoms with Gasteiger partial charge in [0, 0.05) is 0 Å². The standard InChI is InChI=1S/C16H23NO2S2/c1-2-3-4-5-6-7-10-13-21(18,19)16-17-14-11-8-9-12-15(14)20-16/h8-9,11-12H,2-7,10,13H2,1H3. The quantitative estimate of drug-likeness (QED) is 0.621. The Balaban J connectivity index is 1.84. The van der Waals surface area contributed by atoms with Gasteiger partial charge in [0.05, 0.1) is 16.0 Å². The van der Waals surface area contributed by atoms with E-state index in [-0.39, 0.29) is 10.1 Å². The van der Waals surface area contributed by atoms with Crippen LogP contribution in [0.5, 0.6) is 0 Å². The number of hydrogen-bond donors (Lipinski definition) is 0. The molecule has 0 bridgehead atoms. The number of aromatic nitrogens is 1. The molecule has 1 aromatic heterocycles. The molecule has 5 heteroatoms. The number of fused-ring (bicyclic) bond motifs is 1. The number of hydrogen-bond acceptors (Lipinski definition) is 4. The maximum atomic E-state index is 12.3. The summed E-state index contributed by atoms with van der Waals surface area (Å²) in [5.74, 6) is 0.223. The third kappa shape index (κ3) is 4.78. The van der Waals surface area contributed by atoms with Crippen LogP contribution in [0.3, 0.4) is 0 Å². The Morgan fingerprint density at radius 1 is 1.00 bits per heavy atom. The van der Waals surface area contributed by atoms with Crippen LogP contribution in [-0.2, 0) is 9.84 Å². The molecular formula is C16H23NO2S2. The van der Waals surface area contributed by atoms with Gasteiger partial charge in [-0.05, 0) is 18.6 Å². The fourth-order valence-electron chi connectivity index (χ4n) is 2.32. The van der Waals surface area contributed by atoms with Gasteiger partial charge >= 0.3 is 0 Å². The Morgan fingerprint density at radius 3 is 2.38 bits per heavy atom. The van der Waals surface area contributed by atoms with Crippen LogP contribution in [0.4, 0.5) is 0 Å². The molecule has 1 aromatic carbocycles. The van der Waals surface area contributed by atoms with Crippen molar-refractivity contribution < 1.29 is 8.42 Å². The summed E-state index contributed by atoms with van der Waals surface area (Å²) in [5.41, 5.74) is 0.778. The summed E-state index contributed by atoms with van der Waals surface area (Å²) >= 11 is 1.28. The lowest BCUT2D eigenvalue weighted by atomic mass is 10.1. The van der Waals surface area contributed by atoms with E-state index in [4.69, 9.17) is 0 Å². The highest BCUT2D eigenvalue weighted by atomic mass is 32.2. The van der Waals surface area contributed by atoms with Crippen molar-refractivity contribution in [1.29, 1.82) is 0 Å². The van der Waals surface area contributed by atoms with Gasteiger partial charge in [-0.15, -0.1) is 11.3 Å². The minimum absolute atomic E-state index is 0.223. The summed E-state index contributed by atoms with van der Waals surface area (Å²) in [5, 5.41) is 0. The summed E-state index contributed by atoms with van der Waals surface area (Å²) in [7, 11) is -3.21. The molecule has 0 saturated carbocycles. The summed E-state index contributed by atoms with van der Waals surface area (Å²) < 4.78 is 25.8. The first-order valence-electron chi connectivity index (χ1n) is 7.72. The zero-order valence-corrected chi connectivity index (χ0v) is 14.2. The van der Waals surface area contributed by atoms with Crippen LogP contribution in [0.2, 0.25) is 0 Å². The first-order valence-corrected chi connectivity index (χ1v) is 10.2. The molecule has 0 N–H and O–H groups in total. The van der Waals surface area contributed by atoms with E-state index in [1.165, 1.54) is 37.0 Å². The third-order valence-electron chi connectivity index (χ3n) is 3.56. The SMILES string of the molecule is CCCCCCCCCS(=O)(=O)c1nc2ccccc2s1. The number of thiazole rings is 1. The van der Waals surface area contributed by atoms with Crippen molar-refractivity contribution in [2.45, 2.75) is 56.2 Å². The van der Waals surface area contributed by atoms with Gasteiger partial charge in [-0.2, -0.15) is 0 Å². The Morgan fingerprint density at radius 2 is 1.67 bits per heavy atom. The summed E-state index contributed by atoms with van der Waals surface area (Å²) in [6, 6.07) is 7.57. The molecule has 2 aromatic rings. The van der Waals surface area contributed by atoms with E-state index in [1.807, 2.05) is 24.3 Å². The molecule has 116 valence electrons. The number of sulfone groups is 1. The highest BCUT2D eigenvalue weighted by Crippen LogP contribution is 2.26. The van der Waals surface area contributed by atoms with Gasteiger partial charge < -0.3 is 0 Å². The fraction of sp³-hybridized carbons (Fsp3) is 0.562. The second-order valence-electron chi connectivity index (χ2n) is 5.39. The second kappa shape index (κ2) is 7.90. The Bertz CT molecular complexity index is 629. The van der Waals surface area contributed by atoms with E-state index in [9.17, 15) is 8.42 Å². The van der Waals surface area contributed by atoms with Crippen LogP contribution in [0.25, 0.3) is 10.2 Å². The highest BCUT2D eigenvalue weighted by molar-refractivity contribution is 7.93. The molecular weight excluding hydrogens is 302 g/mol. The van der Waals surface area contributed by atoms with Crippen molar-refractivity contribution in [3.8, 4) is 0 Å². The van der Waals surface area contributed by atoms with Crippen LogP contribution in [0.1, 0.15) is 51.9 Å². The predicted octanol–water partition coefficient (Wildman–Crippen LogP) is 4.82. The van der Waals surface area contributed by atoms with Gasteiger partial charge in [0.2, 0.25) is 14.2 Å². The van der Waals surface area contributed by atoms with Crippen LogP contribution in [-0.4, -0.2) is 19.2 Å². The lowest BCUT2D eigenvalue weighted by Crippen LogP contribution is -2.06. The smallest absolute Gasteiger partial charge is 0.210 e. The van der Waals surface area contributed by atoms with E-state index in [0.717, 1.165) is 29.5 Å². The van der Waals surface area contributed by atoms with Gasteiger partial charge in [0.25, 0.3) is 0 Å². The third-order valence-corrected chi connectivity index (χ3v) is 6.85. The minimum atomic E-state index is -3.21. The second-order valence-corrected chi connectivity index (χ2v) is 8.70. The van der Waals surface area contributed by atoms with Gasteiger partial charge in [-0.1, -0.05) is 57.6 Å². The zero-order chi connectivity index (χ0) is 15.1. The Labute approximate surface area is 131 Å². The first-order chi connectivity index (χ1) is 10.1. The van der Waals surface area contributed by atoms with E-state index in [2.05, 4.69) is 11.9 Å². The topological polar surface area (TPSA) is 47.0 Å². The van der Waals surface area contributed by atoms with Gasteiger partial charge in [0.15, 0.2) is 0 Å². The summed E-state index contributed by atoms with van der Waals surface area (Å²) in [4.78, 5) is 4.25. The maximum absolute atomic E-state index is 12.3. The van der Waals surface area contributed by atoms with E-state index in [0.29, 0.717) is 0 Å². The average molecular weight is 325 g/mol. The highest BCUT2D eigenvalue weighted by Gasteiger charge is 2.18. The first kappa shape index (κ1) is 16.4. The molecule has 0 aliphatic rings. The molecule has 0 aliphatic heterocycles. The van der Waals surface area contributed by atoms with Crippen molar-refractivity contribution in [2.24, 2.45) is 0 Å². The van der Waals surface area contributed by atoms with Crippen molar-refractivity contribution >= 4 is 31.4 Å². The molecule has 2 rings (SSSR count). The zero-order valence-electron chi connectivity index (χ0n) is 12.5. The minimum Gasteiger partial charge on any atom is -0.225 e. The fourth-order valence-corrected chi connectivity index (χ4v) is 5.04. The molecule has 0 saturated heterocycles. The molecule has 0 spiro atoms. The van der Waals surface area contributed by atoms with Gasteiger partial charge in [-0.25, -0.2) is 13.4 Å². The summed E-state index contributed by atoms with van der Waals surface area (Å²) in [6.45, 7) is 2.20. The monoisotopic (exact) mass is 325 g/mol. The Hall–Kier alpha value is -0.940. The van der Waals surface area contributed by atoms with Crippen LogP contribution in [0.15, 0.2) is 28.6 Å². The van der Waals surface area contributed by atoms with Crippen molar-refractivity contribution in [3.05, 3.63) is 24.3 Å². The summed E-state index contributed by atoms with van der Waals surface area (Å²) in [6.07, 6.45) is 7.87. The lowest BCUT2D eigenvalue weighted by molar-refractivity contribution is 0.578. The normalized spacial score (nSPS) is 12.0. The lowest BCUT2D eigenvalue weighted by Gasteiger charge is -2.01. The molecule has 1 heterocycles. The van der Waals surface area contributed by atoms with E-state index < -0.39 is 9.84 Å². The molecule has 0 amide bonds. The van der Waals surface area contributed by atoms with Crippen molar-refractivity contribution in [3.63, 3.8) is 0 Å². The maximum Gasteiger partial charge on any atom is 0.210 e. The molecule has 0 unspecified atom stereocenters. The van der Waals surface area contributed by atoms with Crippen LogP contribution in [0, 0.1) is 0 Å². The molecule has 21 heavy (non-hydrogen) atoms. The molecule has 0 aliphatic carbocycles. The average Bonchev–Trinajstić information content (AvgIpc) is 2.91. The number of nitrogens with zero attached hydrogens (tertiary/aromatic N) is 1. The van der Waals surface area contributed by atoms with Crippen LogP contribution < -0.4 is 0 Å². The molecule has 0 radical (unpaired) electrons. The van der Waals surface area contributed by atoms with Crippen LogP contribution >= 0.6 is 11.3 Å². The Kier molecular flexibility index (Phi) is 6.18. The van der Waals surface area contributed by atoms with Crippen molar-refractivity contribution in [1.82, 2.24) is 4.98 Å². The van der Waals surface area contributed by atoms with E-state index >= 15 is 0 Å². The number of benzene rings is 1. The predicted molar refractivity (Wildman–Crippen MR) is 89.7 cm³/mol. The molecule has 0 fully saturated rings. The van der Waals surface area contributed by atoms with Gasteiger partial charge in [-0.3, -0.25) is 0 Å². The molecule has 0 atom stereocenters. The van der Waals surface area contributed by atoms with Crippen molar-refractivity contribution in [2.75, 3.05) is 5.75 Å². The number of rotatable bonds is 9. The largest absolute Gasteiger partial charge is 0.225 e. The number of unbranched alkanes of at least 4 members (excludes halogenated alkanes) is 6. The number of para-hydroxylation sites is 1. The molecule has 3 nitrogen and oxygen atoms in total. The van der Waals surface area contributed by atoms with E-state index in [1.54, 1.807) is 0 Å². The van der Waals surface area contributed by atoms with Gasteiger partial charge in [0.1, 0.15) is 0 Å².